The van der Waals surface area contributed by atoms with E-state index in [0.29, 0.717) is 24.6 Å². The third-order valence-electron chi connectivity index (χ3n) is 5.02. The van der Waals surface area contributed by atoms with Crippen molar-refractivity contribution in [2.45, 2.75) is 27.0 Å². The molecule has 0 atom stereocenters. The van der Waals surface area contributed by atoms with Crippen LogP contribution in [0.5, 0.6) is 5.88 Å². The molecule has 5 nitrogen and oxygen atoms in total. The molecule has 1 N–H and O–H groups in total. The zero-order valence-corrected chi connectivity index (χ0v) is 17.7. The first-order chi connectivity index (χ1) is 15.1. The third-order valence-corrected chi connectivity index (χ3v) is 5.02. The molecule has 4 rings (SSSR count). The van der Waals surface area contributed by atoms with E-state index in [1.54, 1.807) is 10.9 Å². The molecule has 0 spiro atoms. The molecule has 0 saturated heterocycles. The van der Waals surface area contributed by atoms with Crippen LogP contribution in [0.3, 0.4) is 0 Å². The summed E-state index contributed by atoms with van der Waals surface area (Å²) in [6.07, 6.45) is 1.74. The monoisotopic (exact) mass is 411 g/mol. The number of amides is 1. The summed E-state index contributed by atoms with van der Waals surface area (Å²) in [6, 6.07) is 25.8. The largest absolute Gasteiger partial charge is 0.471 e. The number of hydrogen-bond donors (Lipinski definition) is 1. The fourth-order valence-electron chi connectivity index (χ4n) is 3.30. The van der Waals surface area contributed by atoms with Crippen LogP contribution in [0.25, 0.3) is 0 Å². The van der Waals surface area contributed by atoms with Crippen LogP contribution < -0.4 is 10.1 Å². The Morgan fingerprint density at radius 2 is 1.61 bits per heavy atom. The molecular formula is C26H25N3O2. The van der Waals surface area contributed by atoms with Gasteiger partial charge in [0.25, 0.3) is 5.91 Å². The van der Waals surface area contributed by atoms with Gasteiger partial charge in [-0.15, -0.1) is 5.10 Å². The van der Waals surface area contributed by atoms with Crippen LogP contribution >= 0.6 is 0 Å². The number of carbonyl (C=O) groups excluding carboxylic acids is 1. The van der Waals surface area contributed by atoms with Gasteiger partial charge in [-0.2, -0.15) is 0 Å². The summed E-state index contributed by atoms with van der Waals surface area (Å²) in [4.78, 5) is 13.1. The highest BCUT2D eigenvalue weighted by Gasteiger charge is 2.19. The van der Waals surface area contributed by atoms with Gasteiger partial charge in [-0.1, -0.05) is 72.8 Å². The Bertz CT molecular complexity index is 1170. The quantitative estimate of drug-likeness (QED) is 0.444. The van der Waals surface area contributed by atoms with Crippen molar-refractivity contribution in [2.24, 2.45) is 0 Å². The van der Waals surface area contributed by atoms with Crippen LogP contribution in [0.1, 0.15) is 32.6 Å². The van der Waals surface area contributed by atoms with Crippen molar-refractivity contribution in [2.75, 3.05) is 5.32 Å². The van der Waals surface area contributed by atoms with Gasteiger partial charge in [0.05, 0.1) is 6.54 Å². The fourth-order valence-corrected chi connectivity index (χ4v) is 3.30. The second-order valence-corrected chi connectivity index (χ2v) is 7.58. The number of ether oxygens (including phenoxy) is 1. The second-order valence-electron chi connectivity index (χ2n) is 7.58. The van der Waals surface area contributed by atoms with Crippen LogP contribution in [0.2, 0.25) is 0 Å². The number of nitrogens with one attached hydrogen (secondary N) is 1. The summed E-state index contributed by atoms with van der Waals surface area (Å²) in [5.74, 6) is 0.0821. The van der Waals surface area contributed by atoms with Gasteiger partial charge in [0, 0.05) is 11.9 Å². The number of benzene rings is 3. The minimum atomic E-state index is -0.240. The van der Waals surface area contributed by atoms with E-state index in [9.17, 15) is 4.79 Å². The second kappa shape index (κ2) is 9.30. The lowest BCUT2D eigenvalue weighted by atomic mass is 10.1. The van der Waals surface area contributed by atoms with Crippen LogP contribution in [0.4, 0.5) is 5.69 Å². The number of carbonyl (C=O) groups is 1. The smallest absolute Gasteiger partial charge is 0.262 e. The van der Waals surface area contributed by atoms with E-state index >= 15 is 0 Å². The Morgan fingerprint density at radius 3 is 2.32 bits per heavy atom. The first-order valence-corrected chi connectivity index (χ1v) is 10.3. The Labute approximate surface area is 182 Å². The van der Waals surface area contributed by atoms with Crippen molar-refractivity contribution in [1.29, 1.82) is 0 Å². The Hall–Kier alpha value is -3.86. The molecule has 0 fully saturated rings. The maximum absolute atomic E-state index is 13.1. The van der Waals surface area contributed by atoms with Gasteiger partial charge in [-0.05, 0) is 42.2 Å². The van der Waals surface area contributed by atoms with Gasteiger partial charge >= 0.3 is 0 Å². The topological polar surface area (TPSA) is 56.2 Å². The highest BCUT2D eigenvalue weighted by atomic mass is 16.5. The molecule has 1 aromatic heterocycles. The normalized spacial score (nSPS) is 10.6. The maximum atomic E-state index is 13.1. The highest BCUT2D eigenvalue weighted by molar-refractivity contribution is 6.06. The van der Waals surface area contributed by atoms with Gasteiger partial charge in [0.15, 0.2) is 0 Å². The molecule has 0 aliphatic carbocycles. The van der Waals surface area contributed by atoms with E-state index in [1.807, 2.05) is 92.7 Å². The van der Waals surface area contributed by atoms with Crippen LogP contribution in [0.15, 0.2) is 85.1 Å². The highest BCUT2D eigenvalue weighted by Crippen LogP contribution is 2.22. The van der Waals surface area contributed by atoms with Crippen LogP contribution in [0, 0.1) is 13.8 Å². The first kappa shape index (κ1) is 20.4. The first-order valence-electron chi connectivity index (χ1n) is 10.3. The van der Waals surface area contributed by atoms with Gasteiger partial charge in [-0.25, -0.2) is 0 Å². The molecule has 0 radical (unpaired) electrons. The SMILES string of the molecule is Cc1ccc(C)c(NC(=O)c2cn(Cc3ccccc3)nc2OCc2ccccc2)c1. The maximum Gasteiger partial charge on any atom is 0.262 e. The van der Waals surface area contributed by atoms with E-state index < -0.39 is 0 Å². The van der Waals surface area contributed by atoms with E-state index in [1.165, 1.54) is 0 Å². The summed E-state index contributed by atoms with van der Waals surface area (Å²) in [7, 11) is 0. The van der Waals surface area contributed by atoms with E-state index in [2.05, 4.69) is 10.4 Å². The number of anilines is 1. The molecule has 0 saturated carbocycles. The van der Waals surface area contributed by atoms with Crippen LogP contribution in [-0.4, -0.2) is 15.7 Å². The summed E-state index contributed by atoms with van der Waals surface area (Å²) >= 11 is 0. The average Bonchev–Trinajstić information content (AvgIpc) is 3.19. The minimum Gasteiger partial charge on any atom is -0.471 e. The molecule has 31 heavy (non-hydrogen) atoms. The lowest BCUT2D eigenvalue weighted by Gasteiger charge is -2.10. The fraction of sp³-hybridized carbons (Fsp3) is 0.154. The van der Waals surface area contributed by atoms with Gasteiger partial charge < -0.3 is 10.1 Å². The Balaban J connectivity index is 1.60. The molecule has 1 amide bonds. The van der Waals surface area contributed by atoms with Gasteiger partial charge in [0.1, 0.15) is 12.2 Å². The van der Waals surface area contributed by atoms with E-state index in [4.69, 9.17) is 4.74 Å². The number of aryl methyl sites for hydroxylation is 2. The average molecular weight is 412 g/mol. The molecule has 5 heteroatoms. The Morgan fingerprint density at radius 1 is 0.935 bits per heavy atom. The Kier molecular flexibility index (Phi) is 6.13. The van der Waals surface area contributed by atoms with Crippen molar-refractivity contribution in [3.05, 3.63) is 113 Å². The summed E-state index contributed by atoms with van der Waals surface area (Å²) in [5, 5.41) is 7.57. The molecule has 0 unspecified atom stereocenters. The zero-order valence-electron chi connectivity index (χ0n) is 17.7. The molecule has 1 heterocycles. The number of nitrogens with zero attached hydrogens (tertiary/aromatic N) is 2. The lowest BCUT2D eigenvalue weighted by Crippen LogP contribution is -2.13. The van der Waals surface area contributed by atoms with Crippen molar-refractivity contribution in [3.8, 4) is 5.88 Å². The van der Waals surface area contributed by atoms with E-state index in [-0.39, 0.29) is 5.91 Å². The van der Waals surface area contributed by atoms with E-state index in [0.717, 1.165) is 27.9 Å². The minimum absolute atomic E-state index is 0.240. The molecule has 3 aromatic carbocycles. The molecule has 0 aliphatic rings. The standard InChI is InChI=1S/C26H25N3O2/c1-19-13-14-20(2)24(15-19)27-25(30)23-17-29(16-21-9-5-3-6-10-21)28-26(23)31-18-22-11-7-4-8-12-22/h3-15,17H,16,18H2,1-2H3,(H,27,30). The molecule has 156 valence electrons. The van der Waals surface area contributed by atoms with Crippen molar-refractivity contribution >= 4 is 11.6 Å². The molecule has 4 aromatic rings. The predicted molar refractivity (Wildman–Crippen MR) is 122 cm³/mol. The summed E-state index contributed by atoms with van der Waals surface area (Å²) < 4.78 is 7.71. The van der Waals surface area contributed by atoms with Crippen LogP contribution in [-0.2, 0) is 13.2 Å². The number of hydrogen-bond acceptors (Lipinski definition) is 3. The summed E-state index contributed by atoms with van der Waals surface area (Å²) in [6.45, 7) is 4.87. The molecular weight excluding hydrogens is 386 g/mol. The third kappa shape index (κ3) is 5.20. The van der Waals surface area contributed by atoms with Gasteiger partial charge in [-0.3, -0.25) is 9.48 Å². The lowest BCUT2D eigenvalue weighted by molar-refractivity contribution is 0.102. The number of aromatic nitrogens is 2. The molecule has 0 aliphatic heterocycles. The molecule has 0 bridgehead atoms. The van der Waals surface area contributed by atoms with Crippen molar-refractivity contribution in [3.63, 3.8) is 0 Å². The predicted octanol–water partition coefficient (Wildman–Crippen LogP) is 5.38. The van der Waals surface area contributed by atoms with Crippen molar-refractivity contribution < 1.29 is 9.53 Å². The van der Waals surface area contributed by atoms with Gasteiger partial charge in [0.2, 0.25) is 5.88 Å². The zero-order chi connectivity index (χ0) is 21.6. The van der Waals surface area contributed by atoms with Crippen molar-refractivity contribution in [1.82, 2.24) is 9.78 Å². The summed E-state index contributed by atoms with van der Waals surface area (Å²) in [5.41, 5.74) is 5.40. The number of rotatable bonds is 7.